The number of nitrogens with one attached hydrogen (secondary N) is 1. The van der Waals surface area contributed by atoms with Crippen molar-refractivity contribution in [3.63, 3.8) is 0 Å². The summed E-state index contributed by atoms with van der Waals surface area (Å²) in [6.45, 7) is 6.95. The third kappa shape index (κ3) is 5.00. The fraction of sp³-hybridized carbons (Fsp3) is 0.750. The minimum atomic E-state index is -0.715. The average molecular weight is 257 g/mol. The Morgan fingerprint density at radius 1 is 1.59 bits per heavy atom. The lowest BCUT2D eigenvalue weighted by atomic mass is 10.3. The molecule has 1 rings (SSSR count). The second kappa shape index (κ2) is 7.61. The highest BCUT2D eigenvalue weighted by Crippen LogP contribution is 2.01. The van der Waals surface area contributed by atoms with Crippen LogP contribution in [0.3, 0.4) is 0 Å². The molecule has 1 N–H and O–H groups in total. The average Bonchev–Trinajstić information content (AvgIpc) is 2.72. The van der Waals surface area contributed by atoms with Crippen LogP contribution in [0.4, 0.5) is 0 Å². The SMILES string of the molecule is CCCn1cncc1CNCCC(C)S(C)=O. The molecule has 2 atom stereocenters. The second-order valence-electron chi connectivity index (χ2n) is 4.35. The van der Waals surface area contributed by atoms with Gasteiger partial charge in [-0.05, 0) is 19.4 Å². The summed E-state index contributed by atoms with van der Waals surface area (Å²) in [6, 6.07) is 0. The maximum absolute atomic E-state index is 11.2. The van der Waals surface area contributed by atoms with E-state index >= 15 is 0 Å². The molecule has 4 nitrogen and oxygen atoms in total. The van der Waals surface area contributed by atoms with Crippen LogP contribution < -0.4 is 5.32 Å². The quantitative estimate of drug-likeness (QED) is 0.719. The molecule has 0 amide bonds. The lowest BCUT2D eigenvalue weighted by Gasteiger charge is -2.10. The fourth-order valence-electron chi connectivity index (χ4n) is 1.63. The molecule has 1 heterocycles. The van der Waals surface area contributed by atoms with Crippen molar-refractivity contribution in [2.45, 2.75) is 45.0 Å². The van der Waals surface area contributed by atoms with Gasteiger partial charge in [0.15, 0.2) is 0 Å². The van der Waals surface area contributed by atoms with Gasteiger partial charge in [0.05, 0.1) is 12.0 Å². The van der Waals surface area contributed by atoms with Gasteiger partial charge in [-0.2, -0.15) is 0 Å². The number of rotatable bonds is 8. The van der Waals surface area contributed by atoms with Gasteiger partial charge in [-0.25, -0.2) is 4.98 Å². The summed E-state index contributed by atoms with van der Waals surface area (Å²) in [4.78, 5) is 4.16. The van der Waals surface area contributed by atoms with Crippen LogP contribution in [0.1, 0.15) is 32.4 Å². The van der Waals surface area contributed by atoms with E-state index < -0.39 is 10.8 Å². The van der Waals surface area contributed by atoms with Crippen molar-refractivity contribution in [1.82, 2.24) is 14.9 Å². The van der Waals surface area contributed by atoms with E-state index in [1.165, 1.54) is 5.69 Å². The van der Waals surface area contributed by atoms with Crippen molar-refractivity contribution in [3.05, 3.63) is 18.2 Å². The Labute approximate surface area is 106 Å². The van der Waals surface area contributed by atoms with Gasteiger partial charge >= 0.3 is 0 Å². The van der Waals surface area contributed by atoms with E-state index in [0.29, 0.717) is 0 Å². The van der Waals surface area contributed by atoms with Crippen LogP contribution in [0, 0.1) is 0 Å². The summed E-state index contributed by atoms with van der Waals surface area (Å²) in [5.74, 6) is 0. The van der Waals surface area contributed by atoms with Crippen LogP contribution in [0.15, 0.2) is 12.5 Å². The summed E-state index contributed by atoms with van der Waals surface area (Å²) in [5, 5.41) is 3.64. The van der Waals surface area contributed by atoms with Gasteiger partial charge in [-0.1, -0.05) is 13.8 Å². The van der Waals surface area contributed by atoms with Crippen molar-refractivity contribution in [2.75, 3.05) is 12.8 Å². The van der Waals surface area contributed by atoms with Gasteiger partial charge < -0.3 is 9.88 Å². The van der Waals surface area contributed by atoms with Gasteiger partial charge in [0.25, 0.3) is 0 Å². The van der Waals surface area contributed by atoms with E-state index in [4.69, 9.17) is 0 Å². The molecule has 0 radical (unpaired) electrons. The zero-order valence-corrected chi connectivity index (χ0v) is 11.8. The summed E-state index contributed by atoms with van der Waals surface area (Å²) in [6.07, 6.45) is 7.62. The van der Waals surface area contributed by atoms with Crippen LogP contribution >= 0.6 is 0 Å². The first kappa shape index (κ1) is 14.4. The topological polar surface area (TPSA) is 46.9 Å². The van der Waals surface area contributed by atoms with Gasteiger partial charge in [0.1, 0.15) is 0 Å². The van der Waals surface area contributed by atoms with Gasteiger partial charge in [0.2, 0.25) is 0 Å². The first-order valence-electron chi connectivity index (χ1n) is 6.17. The Morgan fingerprint density at radius 3 is 3.00 bits per heavy atom. The van der Waals surface area contributed by atoms with E-state index in [9.17, 15) is 4.21 Å². The molecule has 17 heavy (non-hydrogen) atoms. The van der Waals surface area contributed by atoms with Crippen LogP contribution in [0.25, 0.3) is 0 Å². The number of hydrogen-bond acceptors (Lipinski definition) is 3. The van der Waals surface area contributed by atoms with E-state index in [1.54, 1.807) is 6.26 Å². The Morgan fingerprint density at radius 2 is 2.35 bits per heavy atom. The molecule has 0 saturated carbocycles. The van der Waals surface area contributed by atoms with Gasteiger partial charge in [-0.3, -0.25) is 4.21 Å². The Bertz CT molecular complexity index is 351. The molecule has 98 valence electrons. The molecule has 1 aromatic heterocycles. The first-order valence-corrected chi connectivity index (χ1v) is 7.79. The number of imidazole rings is 1. The van der Waals surface area contributed by atoms with E-state index in [0.717, 1.165) is 32.5 Å². The number of aromatic nitrogens is 2. The van der Waals surface area contributed by atoms with Crippen molar-refractivity contribution < 1.29 is 4.21 Å². The monoisotopic (exact) mass is 257 g/mol. The number of nitrogens with zero attached hydrogens (tertiary/aromatic N) is 2. The van der Waals surface area contributed by atoms with Crippen molar-refractivity contribution in [1.29, 1.82) is 0 Å². The standard InChI is InChI=1S/C12H23N3OS/c1-4-7-15-10-14-9-12(15)8-13-6-5-11(2)17(3)16/h9-11,13H,4-8H2,1-3H3. The molecular weight excluding hydrogens is 234 g/mol. The van der Waals surface area contributed by atoms with Crippen molar-refractivity contribution >= 4 is 10.8 Å². The molecule has 1 aromatic rings. The maximum atomic E-state index is 11.2. The van der Waals surface area contributed by atoms with Crippen LogP contribution in [-0.4, -0.2) is 31.8 Å². The molecule has 0 spiro atoms. The zero-order chi connectivity index (χ0) is 12.7. The highest BCUT2D eigenvalue weighted by atomic mass is 32.2. The second-order valence-corrected chi connectivity index (χ2v) is 6.15. The minimum Gasteiger partial charge on any atom is -0.333 e. The van der Waals surface area contributed by atoms with Crippen molar-refractivity contribution in [3.8, 4) is 0 Å². The van der Waals surface area contributed by atoms with Crippen LogP contribution in [0.2, 0.25) is 0 Å². The normalized spacial score (nSPS) is 14.8. The zero-order valence-electron chi connectivity index (χ0n) is 11.0. The molecule has 0 fully saturated rings. The molecule has 0 aliphatic rings. The van der Waals surface area contributed by atoms with E-state index in [-0.39, 0.29) is 5.25 Å². The Balaban J connectivity index is 2.26. The molecule has 0 aromatic carbocycles. The van der Waals surface area contributed by atoms with Crippen LogP contribution in [-0.2, 0) is 23.9 Å². The summed E-state index contributed by atoms with van der Waals surface area (Å²) in [7, 11) is -0.715. The largest absolute Gasteiger partial charge is 0.333 e. The summed E-state index contributed by atoms with van der Waals surface area (Å²) >= 11 is 0. The van der Waals surface area contributed by atoms with E-state index in [1.807, 2.05) is 19.4 Å². The lowest BCUT2D eigenvalue weighted by Crippen LogP contribution is -2.22. The van der Waals surface area contributed by atoms with Gasteiger partial charge in [0, 0.05) is 41.6 Å². The Kier molecular flexibility index (Phi) is 6.44. The minimum absolute atomic E-state index is 0.267. The predicted molar refractivity (Wildman–Crippen MR) is 72.4 cm³/mol. The first-order chi connectivity index (χ1) is 8.15. The Hall–Kier alpha value is -0.680. The highest BCUT2D eigenvalue weighted by Gasteiger charge is 2.05. The smallest absolute Gasteiger partial charge is 0.0948 e. The molecular formula is C12H23N3OS. The number of hydrogen-bond donors (Lipinski definition) is 1. The summed E-state index contributed by atoms with van der Waals surface area (Å²) in [5.41, 5.74) is 1.22. The molecule has 5 heteroatoms. The maximum Gasteiger partial charge on any atom is 0.0948 e. The third-order valence-corrected chi connectivity index (χ3v) is 4.23. The van der Waals surface area contributed by atoms with Crippen LogP contribution in [0.5, 0.6) is 0 Å². The van der Waals surface area contributed by atoms with Gasteiger partial charge in [-0.15, -0.1) is 0 Å². The van der Waals surface area contributed by atoms with Crippen molar-refractivity contribution in [2.24, 2.45) is 0 Å². The summed E-state index contributed by atoms with van der Waals surface area (Å²) < 4.78 is 13.4. The number of aryl methyl sites for hydroxylation is 1. The molecule has 0 bridgehead atoms. The highest BCUT2D eigenvalue weighted by molar-refractivity contribution is 7.84. The molecule has 0 saturated heterocycles. The third-order valence-electron chi connectivity index (χ3n) is 2.86. The predicted octanol–water partition coefficient (Wildman–Crippen LogP) is 1.54. The van der Waals surface area contributed by atoms with E-state index in [2.05, 4.69) is 21.8 Å². The fourth-order valence-corrected chi connectivity index (χ4v) is 2.08. The molecule has 0 aliphatic carbocycles. The molecule has 2 unspecified atom stereocenters. The molecule has 0 aliphatic heterocycles. The lowest BCUT2D eigenvalue weighted by molar-refractivity contribution is 0.585.